The number of amides is 2. The second-order valence-electron chi connectivity index (χ2n) is 12.1. The van der Waals surface area contributed by atoms with Crippen molar-refractivity contribution < 1.29 is 36.1 Å². The molecule has 14 heteroatoms. The molecule has 234 valence electrons. The number of carbonyl (C=O) groups excluding carboxylic acids is 2. The van der Waals surface area contributed by atoms with Gasteiger partial charge in [0.2, 0.25) is 17.6 Å². The average molecular weight is 611 g/mol. The van der Waals surface area contributed by atoms with E-state index >= 15 is 0 Å². The van der Waals surface area contributed by atoms with Gasteiger partial charge in [-0.05, 0) is 49.5 Å². The van der Waals surface area contributed by atoms with Gasteiger partial charge in [0.05, 0.1) is 29.2 Å². The fourth-order valence-corrected chi connectivity index (χ4v) is 5.63. The molecule has 43 heavy (non-hydrogen) atoms. The number of fused-ring (bicyclic) bond motifs is 1. The van der Waals surface area contributed by atoms with Crippen molar-refractivity contribution in [2.45, 2.75) is 95.8 Å². The molecule has 3 aromatic heterocycles. The molecule has 2 atom stereocenters. The molecule has 0 saturated heterocycles. The van der Waals surface area contributed by atoms with Crippen LogP contribution in [0.4, 0.5) is 22.0 Å². The van der Waals surface area contributed by atoms with Crippen LogP contribution in [0.2, 0.25) is 0 Å². The van der Waals surface area contributed by atoms with E-state index in [0.717, 1.165) is 19.1 Å². The maximum atomic E-state index is 14.0. The lowest BCUT2D eigenvalue weighted by Crippen LogP contribution is -2.37. The van der Waals surface area contributed by atoms with Crippen LogP contribution in [-0.2, 0) is 11.2 Å². The smallest absolute Gasteiger partial charge is 0.364 e. The molecule has 2 saturated carbocycles. The van der Waals surface area contributed by atoms with E-state index in [1.54, 1.807) is 22.9 Å². The summed E-state index contributed by atoms with van der Waals surface area (Å²) in [4.78, 5) is 35.2. The van der Waals surface area contributed by atoms with Crippen molar-refractivity contribution >= 4 is 17.6 Å². The van der Waals surface area contributed by atoms with Crippen molar-refractivity contribution in [3.05, 3.63) is 47.4 Å². The van der Waals surface area contributed by atoms with Crippen LogP contribution in [0.15, 0.2) is 29.2 Å². The van der Waals surface area contributed by atoms with Gasteiger partial charge in [0.25, 0.3) is 5.91 Å². The Kier molecular flexibility index (Phi) is 8.75. The summed E-state index contributed by atoms with van der Waals surface area (Å²) < 4.78 is 72.9. The van der Waals surface area contributed by atoms with Crippen LogP contribution in [0.5, 0.6) is 0 Å². The van der Waals surface area contributed by atoms with Crippen molar-refractivity contribution in [3.8, 4) is 0 Å². The SMILES string of the molecule is CC(C)CC(=O)N[C@H](c1ccn2cc([C@@H](NC(=O)c3conc3CCC(F)(F)F)C3CCC(F)(F)CC3)nc2n1)C1CC1. The molecule has 3 aromatic rings. The standard InChI is InChI=1S/C29H35F5N6O3/c1-16(2)13-23(41)37-24(17-3-4-17)21-8-12-40-14-22(36-27(40)35-21)25(18-5-9-28(30,31)10-6-18)38-26(42)19-15-43-39-20(19)7-11-29(32,33)34/h8,12,14-18,24-25H,3-7,9-11,13H2,1-2H3,(H,37,41)(H,38,42)/t24-,25-/m0/s1. The van der Waals surface area contributed by atoms with E-state index in [9.17, 15) is 31.5 Å². The lowest BCUT2D eigenvalue weighted by atomic mass is 9.81. The first kappa shape index (κ1) is 30.9. The molecule has 0 bridgehead atoms. The fourth-order valence-electron chi connectivity index (χ4n) is 5.63. The highest BCUT2D eigenvalue weighted by Gasteiger charge is 2.40. The van der Waals surface area contributed by atoms with Gasteiger partial charge in [-0.25, -0.2) is 18.7 Å². The number of rotatable bonds is 11. The molecule has 2 aliphatic rings. The Morgan fingerprint density at radius 2 is 1.70 bits per heavy atom. The van der Waals surface area contributed by atoms with Crippen LogP contribution in [0.25, 0.3) is 5.78 Å². The minimum atomic E-state index is -4.44. The molecule has 3 heterocycles. The van der Waals surface area contributed by atoms with Crippen LogP contribution in [-0.4, -0.2) is 43.4 Å². The number of hydrogen-bond acceptors (Lipinski definition) is 6. The summed E-state index contributed by atoms with van der Waals surface area (Å²) in [6.45, 7) is 3.94. The second-order valence-corrected chi connectivity index (χ2v) is 12.1. The van der Waals surface area contributed by atoms with Crippen LogP contribution < -0.4 is 10.6 Å². The Labute approximate surface area is 245 Å². The second kappa shape index (κ2) is 12.2. The summed E-state index contributed by atoms with van der Waals surface area (Å²) in [6, 6.07) is 0.718. The Balaban J connectivity index is 1.41. The number of carbonyl (C=O) groups is 2. The molecule has 2 N–H and O–H groups in total. The summed E-state index contributed by atoms with van der Waals surface area (Å²) in [5.41, 5.74) is 0.744. The molecule has 9 nitrogen and oxygen atoms in total. The first-order valence-corrected chi connectivity index (χ1v) is 14.6. The zero-order valence-electron chi connectivity index (χ0n) is 24.0. The number of nitrogens with one attached hydrogen (secondary N) is 2. The molecule has 2 aliphatic carbocycles. The highest BCUT2D eigenvalue weighted by Crippen LogP contribution is 2.42. The van der Waals surface area contributed by atoms with Gasteiger partial charge in [-0.15, -0.1) is 0 Å². The van der Waals surface area contributed by atoms with Crippen LogP contribution >= 0.6 is 0 Å². The van der Waals surface area contributed by atoms with Crippen molar-refractivity contribution in [1.82, 2.24) is 30.2 Å². The number of imidazole rings is 1. The Morgan fingerprint density at radius 3 is 2.35 bits per heavy atom. The average Bonchev–Trinajstić information content (AvgIpc) is 3.49. The first-order valence-electron chi connectivity index (χ1n) is 14.6. The quantitative estimate of drug-likeness (QED) is 0.253. The van der Waals surface area contributed by atoms with Crippen molar-refractivity contribution in [1.29, 1.82) is 0 Å². The van der Waals surface area contributed by atoms with E-state index in [0.29, 0.717) is 23.6 Å². The van der Waals surface area contributed by atoms with Crippen LogP contribution in [0.1, 0.15) is 105 Å². The lowest BCUT2D eigenvalue weighted by molar-refractivity contribution is -0.134. The first-order chi connectivity index (χ1) is 20.3. The van der Waals surface area contributed by atoms with Crippen LogP contribution in [0.3, 0.4) is 0 Å². The summed E-state index contributed by atoms with van der Waals surface area (Å²) in [6.07, 6.45) is 0.0596. The van der Waals surface area contributed by atoms with E-state index < -0.39 is 42.8 Å². The van der Waals surface area contributed by atoms with Gasteiger partial charge in [-0.2, -0.15) is 13.2 Å². The van der Waals surface area contributed by atoms with E-state index in [-0.39, 0.29) is 60.7 Å². The maximum absolute atomic E-state index is 14.0. The maximum Gasteiger partial charge on any atom is 0.389 e. The summed E-state index contributed by atoms with van der Waals surface area (Å²) in [5.74, 6) is -3.21. The number of hydrogen-bond donors (Lipinski definition) is 2. The molecular weight excluding hydrogens is 575 g/mol. The normalized spacial score (nSPS) is 19.0. The molecular formula is C29H35F5N6O3. The van der Waals surface area contributed by atoms with E-state index in [4.69, 9.17) is 9.51 Å². The van der Waals surface area contributed by atoms with E-state index in [1.165, 1.54) is 0 Å². The van der Waals surface area contributed by atoms with Gasteiger partial charge >= 0.3 is 6.18 Å². The number of nitrogens with zero attached hydrogens (tertiary/aromatic N) is 4. The molecule has 2 fully saturated rings. The van der Waals surface area contributed by atoms with E-state index in [1.807, 2.05) is 13.8 Å². The minimum Gasteiger partial charge on any atom is -0.364 e. The lowest BCUT2D eigenvalue weighted by Gasteiger charge is -2.33. The molecule has 0 aliphatic heterocycles. The molecule has 0 spiro atoms. The van der Waals surface area contributed by atoms with Gasteiger partial charge in [-0.3, -0.25) is 14.0 Å². The number of aromatic nitrogens is 4. The van der Waals surface area contributed by atoms with Crippen molar-refractivity contribution in [2.24, 2.45) is 17.8 Å². The third-order valence-corrected chi connectivity index (χ3v) is 8.06. The number of halogens is 5. The highest BCUT2D eigenvalue weighted by molar-refractivity contribution is 5.95. The highest BCUT2D eigenvalue weighted by atomic mass is 19.4. The third kappa shape index (κ3) is 7.88. The van der Waals surface area contributed by atoms with Gasteiger partial charge in [0.15, 0.2) is 0 Å². The molecule has 0 unspecified atom stereocenters. The molecule has 0 aromatic carbocycles. The Hall–Kier alpha value is -3.58. The summed E-state index contributed by atoms with van der Waals surface area (Å²) >= 11 is 0. The third-order valence-electron chi connectivity index (χ3n) is 8.06. The number of aryl methyl sites for hydroxylation is 1. The zero-order chi connectivity index (χ0) is 30.9. The zero-order valence-corrected chi connectivity index (χ0v) is 24.0. The predicted octanol–water partition coefficient (Wildman–Crippen LogP) is 6.12. The van der Waals surface area contributed by atoms with Crippen LogP contribution in [0, 0.1) is 17.8 Å². The Morgan fingerprint density at radius 1 is 1.05 bits per heavy atom. The number of alkyl halides is 5. The molecule has 2 amide bonds. The van der Waals surface area contributed by atoms with Crippen molar-refractivity contribution in [2.75, 3.05) is 0 Å². The minimum absolute atomic E-state index is 0.0576. The largest absolute Gasteiger partial charge is 0.389 e. The van der Waals surface area contributed by atoms with Gasteiger partial charge < -0.3 is 15.2 Å². The molecule has 5 rings (SSSR count). The summed E-state index contributed by atoms with van der Waals surface area (Å²) in [5, 5.41) is 9.48. The summed E-state index contributed by atoms with van der Waals surface area (Å²) in [7, 11) is 0. The van der Waals surface area contributed by atoms with Gasteiger partial charge in [0.1, 0.15) is 11.8 Å². The van der Waals surface area contributed by atoms with Gasteiger partial charge in [0, 0.05) is 44.5 Å². The van der Waals surface area contributed by atoms with E-state index in [2.05, 4.69) is 20.8 Å². The Bertz CT molecular complexity index is 1440. The monoisotopic (exact) mass is 610 g/mol. The topological polar surface area (TPSA) is 114 Å². The molecule has 0 radical (unpaired) electrons. The fraction of sp³-hybridized carbons (Fsp3) is 0.621. The van der Waals surface area contributed by atoms with Gasteiger partial charge in [-0.1, -0.05) is 19.0 Å². The predicted molar refractivity (Wildman–Crippen MR) is 144 cm³/mol. The van der Waals surface area contributed by atoms with Crippen molar-refractivity contribution in [3.63, 3.8) is 0 Å².